The van der Waals surface area contributed by atoms with E-state index in [1.807, 2.05) is 34.5 Å². The third-order valence-corrected chi connectivity index (χ3v) is 3.66. The predicted octanol–water partition coefficient (Wildman–Crippen LogP) is 1.50. The van der Waals surface area contributed by atoms with Crippen LogP contribution in [0.15, 0.2) is 24.3 Å². The Labute approximate surface area is 133 Å². The first kappa shape index (κ1) is 17.4. The van der Waals surface area contributed by atoms with E-state index < -0.39 is 18.6 Å². The largest absolute Gasteiger partial charge is 0.497 e. The molecule has 0 unspecified atom stereocenters. The van der Waals surface area contributed by atoms with Crippen LogP contribution in [0.4, 0.5) is 18.9 Å². The quantitative estimate of drug-likeness (QED) is 0.888. The summed E-state index contributed by atoms with van der Waals surface area (Å²) >= 11 is 0. The maximum atomic E-state index is 12.0. The number of carbonyl (C=O) groups excluding carboxylic acids is 1. The molecule has 0 saturated carbocycles. The number of methoxy groups -OCH3 is 1. The Hall–Kier alpha value is -1.96. The molecule has 0 bridgehead atoms. The topological polar surface area (TPSA) is 44.8 Å². The molecule has 1 aromatic carbocycles. The number of alkyl halides is 3. The van der Waals surface area contributed by atoms with E-state index >= 15 is 0 Å². The minimum absolute atomic E-state index is 0.00741. The van der Waals surface area contributed by atoms with Gasteiger partial charge in [-0.1, -0.05) is 0 Å². The highest BCUT2D eigenvalue weighted by Crippen LogP contribution is 2.20. The summed E-state index contributed by atoms with van der Waals surface area (Å²) < 4.78 is 41.2. The highest BCUT2D eigenvalue weighted by molar-refractivity contribution is 5.78. The van der Waals surface area contributed by atoms with Gasteiger partial charge in [0.05, 0.1) is 13.7 Å². The molecule has 8 heteroatoms. The van der Waals surface area contributed by atoms with Gasteiger partial charge in [-0.15, -0.1) is 0 Å². The average molecular weight is 331 g/mol. The number of benzene rings is 1. The molecule has 0 spiro atoms. The van der Waals surface area contributed by atoms with E-state index in [1.54, 1.807) is 7.11 Å². The van der Waals surface area contributed by atoms with Crippen LogP contribution < -0.4 is 15.0 Å². The molecular formula is C15H20F3N3O2. The van der Waals surface area contributed by atoms with E-state index in [0.29, 0.717) is 13.1 Å². The summed E-state index contributed by atoms with van der Waals surface area (Å²) in [6.45, 7) is 1.42. The minimum atomic E-state index is -4.37. The van der Waals surface area contributed by atoms with Crippen LogP contribution in [0.25, 0.3) is 0 Å². The number of halogens is 3. The first-order chi connectivity index (χ1) is 10.9. The molecule has 1 amide bonds. The van der Waals surface area contributed by atoms with Crippen LogP contribution in [0.2, 0.25) is 0 Å². The van der Waals surface area contributed by atoms with E-state index in [-0.39, 0.29) is 6.54 Å². The third kappa shape index (κ3) is 5.63. The zero-order valence-electron chi connectivity index (χ0n) is 12.9. The normalized spacial score (nSPS) is 16.3. The van der Waals surface area contributed by atoms with Gasteiger partial charge < -0.3 is 15.0 Å². The Morgan fingerprint density at radius 1 is 1.17 bits per heavy atom. The number of amides is 1. The third-order valence-electron chi connectivity index (χ3n) is 3.66. The van der Waals surface area contributed by atoms with Gasteiger partial charge in [-0.25, -0.2) is 0 Å². The first-order valence-corrected chi connectivity index (χ1v) is 7.32. The number of rotatable bonds is 5. The van der Waals surface area contributed by atoms with Crippen molar-refractivity contribution < 1.29 is 22.7 Å². The van der Waals surface area contributed by atoms with Crippen LogP contribution in [0.3, 0.4) is 0 Å². The highest BCUT2D eigenvalue weighted by Gasteiger charge is 2.28. The SMILES string of the molecule is COc1ccc(N2CCN(CC(=O)NCC(F)(F)F)CC2)cc1. The molecule has 1 saturated heterocycles. The van der Waals surface area contributed by atoms with Gasteiger partial charge in [-0.2, -0.15) is 13.2 Å². The fraction of sp³-hybridized carbons (Fsp3) is 0.533. The fourth-order valence-electron chi connectivity index (χ4n) is 2.42. The Morgan fingerprint density at radius 2 is 1.78 bits per heavy atom. The van der Waals surface area contributed by atoms with Crippen molar-refractivity contribution in [3.8, 4) is 5.75 Å². The summed E-state index contributed by atoms with van der Waals surface area (Å²) in [6, 6.07) is 7.69. The van der Waals surface area contributed by atoms with Crippen molar-refractivity contribution in [1.82, 2.24) is 10.2 Å². The summed E-state index contributed by atoms with van der Waals surface area (Å²) in [7, 11) is 1.61. The van der Waals surface area contributed by atoms with Gasteiger partial charge in [0.2, 0.25) is 5.91 Å². The zero-order chi connectivity index (χ0) is 16.9. The number of hydrogen-bond acceptors (Lipinski definition) is 4. The van der Waals surface area contributed by atoms with Gasteiger partial charge in [0.25, 0.3) is 0 Å². The maximum Gasteiger partial charge on any atom is 0.405 e. The summed E-state index contributed by atoms with van der Waals surface area (Å²) in [5.41, 5.74) is 1.06. The molecule has 23 heavy (non-hydrogen) atoms. The maximum absolute atomic E-state index is 12.0. The van der Waals surface area contributed by atoms with Crippen molar-refractivity contribution >= 4 is 11.6 Å². The van der Waals surface area contributed by atoms with E-state index in [9.17, 15) is 18.0 Å². The number of hydrogen-bond donors (Lipinski definition) is 1. The molecule has 5 nitrogen and oxygen atoms in total. The Morgan fingerprint density at radius 3 is 2.30 bits per heavy atom. The lowest BCUT2D eigenvalue weighted by Crippen LogP contribution is -2.50. The van der Waals surface area contributed by atoms with Crippen molar-refractivity contribution in [1.29, 1.82) is 0 Å². The van der Waals surface area contributed by atoms with Crippen molar-refractivity contribution in [2.24, 2.45) is 0 Å². The van der Waals surface area contributed by atoms with Crippen LogP contribution in [0, 0.1) is 0 Å². The van der Waals surface area contributed by atoms with E-state index in [4.69, 9.17) is 4.74 Å². The Balaban J connectivity index is 1.76. The molecule has 1 heterocycles. The van der Waals surface area contributed by atoms with Crippen molar-refractivity contribution in [3.63, 3.8) is 0 Å². The Kier molecular flexibility index (Phi) is 5.70. The molecule has 1 aliphatic rings. The first-order valence-electron chi connectivity index (χ1n) is 7.32. The average Bonchev–Trinajstić information content (AvgIpc) is 2.53. The fourth-order valence-corrected chi connectivity index (χ4v) is 2.42. The smallest absolute Gasteiger partial charge is 0.405 e. The minimum Gasteiger partial charge on any atom is -0.497 e. The van der Waals surface area contributed by atoms with Gasteiger partial charge in [0, 0.05) is 31.9 Å². The molecule has 0 atom stereocenters. The van der Waals surface area contributed by atoms with E-state index in [0.717, 1.165) is 24.5 Å². The van der Waals surface area contributed by atoms with Gasteiger partial charge in [-0.05, 0) is 24.3 Å². The second kappa shape index (κ2) is 7.54. The molecule has 0 aromatic heterocycles. The van der Waals surface area contributed by atoms with Gasteiger partial charge in [0.1, 0.15) is 12.3 Å². The number of nitrogens with one attached hydrogen (secondary N) is 1. The van der Waals surface area contributed by atoms with Crippen molar-refractivity contribution in [2.45, 2.75) is 6.18 Å². The summed E-state index contributed by atoms with van der Waals surface area (Å²) in [4.78, 5) is 15.5. The molecule has 1 fully saturated rings. The second-order valence-corrected chi connectivity index (χ2v) is 5.35. The number of ether oxygens (including phenoxy) is 1. The summed E-state index contributed by atoms with van der Waals surface area (Å²) in [6.07, 6.45) is -4.37. The lowest BCUT2D eigenvalue weighted by molar-refractivity contribution is -0.139. The van der Waals surface area contributed by atoms with Crippen molar-refractivity contribution in [3.05, 3.63) is 24.3 Å². The predicted molar refractivity (Wildman–Crippen MR) is 80.7 cm³/mol. The molecule has 0 aliphatic carbocycles. The number of nitrogens with zero attached hydrogens (tertiary/aromatic N) is 2. The second-order valence-electron chi connectivity index (χ2n) is 5.35. The van der Waals surface area contributed by atoms with Crippen LogP contribution in [-0.2, 0) is 4.79 Å². The molecule has 0 radical (unpaired) electrons. The van der Waals surface area contributed by atoms with Crippen LogP contribution in [0.5, 0.6) is 5.75 Å². The summed E-state index contributed by atoms with van der Waals surface area (Å²) in [5.74, 6) is 0.189. The lowest BCUT2D eigenvalue weighted by atomic mass is 10.2. The zero-order valence-corrected chi connectivity index (χ0v) is 12.9. The molecule has 1 N–H and O–H groups in total. The van der Waals surface area contributed by atoms with Crippen LogP contribution in [0.1, 0.15) is 0 Å². The highest BCUT2D eigenvalue weighted by atomic mass is 19.4. The Bertz CT molecular complexity index is 512. The molecule has 1 aromatic rings. The molecule has 128 valence electrons. The molecule has 1 aliphatic heterocycles. The standard InChI is InChI=1S/C15H20F3N3O2/c1-23-13-4-2-12(3-5-13)21-8-6-20(7-9-21)10-14(22)19-11-15(16,17)18/h2-5H,6-11H2,1H3,(H,19,22). The van der Waals surface area contributed by atoms with Gasteiger partial charge >= 0.3 is 6.18 Å². The lowest BCUT2D eigenvalue weighted by Gasteiger charge is -2.35. The molecule has 2 rings (SSSR count). The van der Waals surface area contributed by atoms with Crippen LogP contribution in [-0.4, -0.2) is 63.4 Å². The number of carbonyl (C=O) groups is 1. The van der Waals surface area contributed by atoms with E-state index in [1.165, 1.54) is 0 Å². The van der Waals surface area contributed by atoms with Gasteiger partial charge in [0.15, 0.2) is 0 Å². The van der Waals surface area contributed by atoms with Crippen molar-refractivity contribution in [2.75, 3.05) is 51.3 Å². The van der Waals surface area contributed by atoms with Crippen LogP contribution >= 0.6 is 0 Å². The number of anilines is 1. The molecular weight excluding hydrogens is 311 g/mol. The number of piperazine rings is 1. The monoisotopic (exact) mass is 331 g/mol. The van der Waals surface area contributed by atoms with E-state index in [2.05, 4.69) is 4.90 Å². The summed E-state index contributed by atoms with van der Waals surface area (Å²) in [5, 5.41) is 1.89. The van der Waals surface area contributed by atoms with Gasteiger partial charge in [-0.3, -0.25) is 9.69 Å².